The molecule has 5 heteroatoms. The highest BCUT2D eigenvalue weighted by molar-refractivity contribution is 6.34. The monoisotopic (exact) mass is 359 g/mol. The van der Waals surface area contributed by atoms with Crippen LogP contribution in [0.4, 0.5) is 0 Å². The van der Waals surface area contributed by atoms with Crippen LogP contribution in [0.3, 0.4) is 0 Å². The fraction of sp³-hybridized carbons (Fsp3) is 0.600. The highest BCUT2D eigenvalue weighted by Crippen LogP contribution is 2.30. The summed E-state index contributed by atoms with van der Waals surface area (Å²) in [6.07, 6.45) is 12.1. The molecule has 0 N–H and O–H groups in total. The number of para-hydroxylation sites is 1. The van der Waals surface area contributed by atoms with Gasteiger partial charge in [0.2, 0.25) is 0 Å². The van der Waals surface area contributed by atoms with E-state index in [0.29, 0.717) is 22.0 Å². The Balaban J connectivity index is 1.51. The Morgan fingerprint density at radius 3 is 2.76 bits per heavy atom. The standard InChI is InChI=1S/C20H26ClN3O/c21-18-10-5-9-17-19(18)22-14-23(20(17)25)13-11-16-8-3-4-12-24(16)15-6-1-2-7-15/h5,9-10,14-16H,1-4,6-8,11-13H2/t16-/m0/s1. The minimum Gasteiger partial charge on any atom is -0.299 e. The van der Waals surface area contributed by atoms with Crippen LogP contribution in [-0.4, -0.2) is 33.1 Å². The molecule has 4 rings (SSSR count). The van der Waals surface area contributed by atoms with Gasteiger partial charge in [-0.1, -0.05) is 36.9 Å². The Bertz CT molecular complexity index is 797. The van der Waals surface area contributed by atoms with Crippen LogP contribution >= 0.6 is 11.6 Å². The predicted molar refractivity (Wildman–Crippen MR) is 102 cm³/mol. The summed E-state index contributed by atoms with van der Waals surface area (Å²) < 4.78 is 1.76. The molecular formula is C20H26ClN3O. The van der Waals surface area contributed by atoms with Gasteiger partial charge in [-0.3, -0.25) is 14.3 Å². The van der Waals surface area contributed by atoms with Crippen LogP contribution in [0, 0.1) is 0 Å². The second-order valence-electron chi connectivity index (χ2n) is 7.49. The summed E-state index contributed by atoms with van der Waals surface area (Å²) in [4.78, 5) is 19.9. The number of rotatable bonds is 4. The molecule has 2 aromatic rings. The highest BCUT2D eigenvalue weighted by atomic mass is 35.5. The summed E-state index contributed by atoms with van der Waals surface area (Å²) in [5.74, 6) is 0. The van der Waals surface area contributed by atoms with E-state index in [1.807, 2.05) is 12.1 Å². The van der Waals surface area contributed by atoms with Crippen molar-refractivity contribution in [2.75, 3.05) is 6.54 Å². The van der Waals surface area contributed by atoms with Crippen molar-refractivity contribution in [1.82, 2.24) is 14.5 Å². The molecule has 0 amide bonds. The average molecular weight is 360 g/mol. The summed E-state index contributed by atoms with van der Waals surface area (Å²) in [6.45, 7) is 1.97. The maximum Gasteiger partial charge on any atom is 0.261 e. The number of likely N-dealkylation sites (tertiary alicyclic amines) is 1. The van der Waals surface area contributed by atoms with Crippen LogP contribution in [-0.2, 0) is 6.54 Å². The lowest BCUT2D eigenvalue weighted by atomic mass is 9.96. The second kappa shape index (κ2) is 7.46. The number of hydrogen-bond donors (Lipinski definition) is 0. The zero-order chi connectivity index (χ0) is 17.2. The van der Waals surface area contributed by atoms with Crippen LogP contribution in [0.2, 0.25) is 5.02 Å². The Hall–Kier alpha value is -1.39. The van der Waals surface area contributed by atoms with E-state index in [-0.39, 0.29) is 5.56 Å². The SMILES string of the molecule is O=c1c2cccc(Cl)c2ncn1CC[C@@H]1CCCCN1C1CCCC1. The van der Waals surface area contributed by atoms with E-state index in [1.54, 1.807) is 17.0 Å². The molecule has 134 valence electrons. The second-order valence-corrected chi connectivity index (χ2v) is 7.90. The van der Waals surface area contributed by atoms with Crippen molar-refractivity contribution in [3.05, 3.63) is 39.9 Å². The zero-order valence-electron chi connectivity index (χ0n) is 14.7. The number of hydrogen-bond acceptors (Lipinski definition) is 3. The van der Waals surface area contributed by atoms with Gasteiger partial charge < -0.3 is 0 Å². The minimum absolute atomic E-state index is 0.0238. The number of fused-ring (bicyclic) bond motifs is 1. The lowest BCUT2D eigenvalue weighted by Gasteiger charge is -2.40. The van der Waals surface area contributed by atoms with Gasteiger partial charge >= 0.3 is 0 Å². The van der Waals surface area contributed by atoms with Gasteiger partial charge in [0.1, 0.15) is 0 Å². The highest BCUT2D eigenvalue weighted by Gasteiger charge is 2.30. The minimum atomic E-state index is 0.0238. The molecule has 0 bridgehead atoms. The average Bonchev–Trinajstić information content (AvgIpc) is 3.17. The molecule has 25 heavy (non-hydrogen) atoms. The molecule has 1 aromatic heterocycles. The molecule has 0 unspecified atom stereocenters. The molecule has 1 atom stereocenters. The first-order chi connectivity index (χ1) is 12.2. The van der Waals surface area contributed by atoms with Gasteiger partial charge in [0.25, 0.3) is 5.56 Å². The van der Waals surface area contributed by atoms with E-state index in [4.69, 9.17) is 11.6 Å². The molecule has 0 radical (unpaired) electrons. The Kier molecular flexibility index (Phi) is 5.09. The first-order valence-electron chi connectivity index (χ1n) is 9.63. The largest absolute Gasteiger partial charge is 0.299 e. The Morgan fingerprint density at radius 1 is 1.12 bits per heavy atom. The number of aryl methyl sites for hydroxylation is 1. The molecule has 1 aliphatic heterocycles. The van der Waals surface area contributed by atoms with Crippen molar-refractivity contribution in [2.24, 2.45) is 0 Å². The maximum atomic E-state index is 12.7. The smallest absolute Gasteiger partial charge is 0.261 e. The number of halogens is 1. The van der Waals surface area contributed by atoms with E-state index in [9.17, 15) is 4.79 Å². The Morgan fingerprint density at radius 2 is 1.92 bits per heavy atom. The molecule has 2 aliphatic rings. The molecule has 2 fully saturated rings. The third-order valence-corrected chi connectivity index (χ3v) is 6.28. The quantitative estimate of drug-likeness (QED) is 0.819. The molecule has 1 aliphatic carbocycles. The maximum absolute atomic E-state index is 12.7. The van der Waals surface area contributed by atoms with Gasteiger partial charge in [0, 0.05) is 18.6 Å². The van der Waals surface area contributed by atoms with Gasteiger partial charge in [-0.15, -0.1) is 0 Å². The molecule has 2 heterocycles. The Labute approximate surface area is 153 Å². The van der Waals surface area contributed by atoms with Crippen molar-refractivity contribution >= 4 is 22.5 Å². The van der Waals surface area contributed by atoms with Crippen molar-refractivity contribution in [2.45, 2.75) is 70.0 Å². The molecule has 4 nitrogen and oxygen atoms in total. The van der Waals surface area contributed by atoms with Crippen molar-refractivity contribution in [1.29, 1.82) is 0 Å². The molecule has 1 saturated carbocycles. The van der Waals surface area contributed by atoms with Crippen LogP contribution in [0.5, 0.6) is 0 Å². The van der Waals surface area contributed by atoms with Gasteiger partial charge in [0.15, 0.2) is 0 Å². The van der Waals surface area contributed by atoms with Crippen molar-refractivity contribution < 1.29 is 0 Å². The van der Waals surface area contributed by atoms with E-state index in [1.165, 1.54) is 51.5 Å². The van der Waals surface area contributed by atoms with Gasteiger partial charge in [-0.05, 0) is 50.8 Å². The van der Waals surface area contributed by atoms with Crippen molar-refractivity contribution in [3.8, 4) is 0 Å². The predicted octanol–water partition coefficient (Wildman–Crippen LogP) is 4.24. The normalized spacial score (nSPS) is 22.7. The summed E-state index contributed by atoms with van der Waals surface area (Å²) in [7, 11) is 0. The van der Waals surface area contributed by atoms with Gasteiger partial charge in [-0.2, -0.15) is 0 Å². The van der Waals surface area contributed by atoms with Crippen LogP contribution in [0.15, 0.2) is 29.3 Å². The summed E-state index contributed by atoms with van der Waals surface area (Å²) in [5, 5.41) is 1.16. The molecule has 1 saturated heterocycles. The third kappa shape index (κ3) is 3.47. The first-order valence-corrected chi connectivity index (χ1v) is 10.0. The summed E-state index contributed by atoms with van der Waals surface area (Å²) in [5.41, 5.74) is 0.631. The van der Waals surface area contributed by atoms with E-state index in [2.05, 4.69) is 9.88 Å². The third-order valence-electron chi connectivity index (χ3n) is 5.97. The summed E-state index contributed by atoms with van der Waals surface area (Å²) in [6, 6.07) is 6.80. The molecular weight excluding hydrogens is 334 g/mol. The number of aromatic nitrogens is 2. The first kappa shape index (κ1) is 17.0. The van der Waals surface area contributed by atoms with Crippen LogP contribution in [0.25, 0.3) is 10.9 Å². The van der Waals surface area contributed by atoms with E-state index >= 15 is 0 Å². The van der Waals surface area contributed by atoms with Gasteiger partial charge in [-0.25, -0.2) is 4.98 Å². The van der Waals surface area contributed by atoms with Crippen molar-refractivity contribution in [3.63, 3.8) is 0 Å². The van der Waals surface area contributed by atoms with Crippen LogP contribution < -0.4 is 5.56 Å². The summed E-state index contributed by atoms with van der Waals surface area (Å²) >= 11 is 6.15. The van der Waals surface area contributed by atoms with Crippen LogP contribution in [0.1, 0.15) is 51.4 Å². The van der Waals surface area contributed by atoms with E-state index < -0.39 is 0 Å². The number of piperidine rings is 1. The van der Waals surface area contributed by atoms with E-state index in [0.717, 1.165) is 19.0 Å². The lowest BCUT2D eigenvalue weighted by molar-refractivity contribution is 0.0880. The number of nitrogens with zero attached hydrogens (tertiary/aromatic N) is 3. The molecule has 1 aromatic carbocycles. The number of benzene rings is 1. The fourth-order valence-corrected chi connectivity index (χ4v) is 4.87. The topological polar surface area (TPSA) is 38.1 Å². The fourth-order valence-electron chi connectivity index (χ4n) is 4.65. The molecule has 0 spiro atoms. The lowest BCUT2D eigenvalue weighted by Crippen LogP contribution is -2.45. The zero-order valence-corrected chi connectivity index (χ0v) is 15.4. The van der Waals surface area contributed by atoms with Gasteiger partial charge in [0.05, 0.1) is 22.3 Å².